The standard InChI is InChI=1S/C31H34N4O2/c1-32-14-16-33(17-15-32)30-11-5-8-25-12-13-26(22-28(25)30)37-23-31(36)35-20-18-34(19-21-35)29-10-4-7-24-6-2-3-9-27(24)29/h2-13,22H,14-21,23H2,1H3. The highest BCUT2D eigenvalue weighted by Gasteiger charge is 2.23. The van der Waals surface area contributed by atoms with E-state index in [0.717, 1.165) is 45.0 Å². The van der Waals surface area contributed by atoms with E-state index in [0.29, 0.717) is 13.1 Å². The molecule has 2 aliphatic heterocycles. The Morgan fingerprint density at radius 2 is 1.27 bits per heavy atom. The number of fused-ring (bicyclic) bond motifs is 2. The Kier molecular flexibility index (Phi) is 6.58. The summed E-state index contributed by atoms with van der Waals surface area (Å²) in [4.78, 5) is 22.1. The topological polar surface area (TPSA) is 39.3 Å². The second-order valence-corrected chi connectivity index (χ2v) is 10.1. The molecule has 0 spiro atoms. The molecule has 0 unspecified atom stereocenters. The van der Waals surface area contributed by atoms with Gasteiger partial charge in [-0.25, -0.2) is 0 Å². The van der Waals surface area contributed by atoms with Crippen molar-refractivity contribution in [3.63, 3.8) is 0 Å². The third-order valence-corrected chi connectivity index (χ3v) is 7.78. The van der Waals surface area contributed by atoms with Crippen LogP contribution in [0.3, 0.4) is 0 Å². The molecule has 0 N–H and O–H groups in total. The van der Waals surface area contributed by atoms with Gasteiger partial charge in [-0.15, -0.1) is 0 Å². The molecule has 2 saturated heterocycles. The van der Waals surface area contributed by atoms with Crippen LogP contribution in [0.5, 0.6) is 5.75 Å². The van der Waals surface area contributed by atoms with Crippen molar-refractivity contribution < 1.29 is 9.53 Å². The Balaban J connectivity index is 1.09. The molecule has 2 heterocycles. The number of hydrogen-bond donors (Lipinski definition) is 0. The van der Waals surface area contributed by atoms with Gasteiger partial charge in [-0.2, -0.15) is 0 Å². The second kappa shape index (κ2) is 10.3. The third-order valence-electron chi connectivity index (χ3n) is 7.78. The molecule has 6 heteroatoms. The van der Waals surface area contributed by atoms with E-state index in [9.17, 15) is 4.79 Å². The normalized spacial score (nSPS) is 16.9. The summed E-state index contributed by atoms with van der Waals surface area (Å²) in [5.41, 5.74) is 2.49. The van der Waals surface area contributed by atoms with Crippen LogP contribution < -0.4 is 14.5 Å². The largest absolute Gasteiger partial charge is 0.484 e. The van der Waals surface area contributed by atoms with Crippen molar-refractivity contribution in [1.82, 2.24) is 9.80 Å². The van der Waals surface area contributed by atoms with Crippen LogP contribution in [0.25, 0.3) is 21.5 Å². The fourth-order valence-corrected chi connectivity index (χ4v) is 5.57. The van der Waals surface area contributed by atoms with Crippen LogP contribution >= 0.6 is 0 Å². The predicted octanol–water partition coefficient (Wildman–Crippen LogP) is 4.47. The molecule has 0 atom stereocenters. The first kappa shape index (κ1) is 23.6. The first-order valence-electron chi connectivity index (χ1n) is 13.3. The summed E-state index contributed by atoms with van der Waals surface area (Å²) in [5, 5.41) is 4.89. The number of anilines is 2. The van der Waals surface area contributed by atoms with Crippen molar-refractivity contribution in [2.45, 2.75) is 0 Å². The van der Waals surface area contributed by atoms with Gasteiger partial charge in [0.2, 0.25) is 0 Å². The van der Waals surface area contributed by atoms with Gasteiger partial charge in [-0.1, -0.05) is 54.6 Å². The Morgan fingerprint density at radius 3 is 2.00 bits per heavy atom. The smallest absolute Gasteiger partial charge is 0.260 e. The molecule has 0 saturated carbocycles. The lowest BCUT2D eigenvalue weighted by Gasteiger charge is -2.36. The minimum absolute atomic E-state index is 0.0463. The van der Waals surface area contributed by atoms with Gasteiger partial charge in [0.1, 0.15) is 5.75 Å². The van der Waals surface area contributed by atoms with E-state index in [1.165, 1.54) is 32.9 Å². The molecule has 4 aromatic rings. The van der Waals surface area contributed by atoms with Crippen LogP contribution in [0.2, 0.25) is 0 Å². The van der Waals surface area contributed by atoms with Crippen molar-refractivity contribution in [1.29, 1.82) is 0 Å². The van der Waals surface area contributed by atoms with E-state index < -0.39 is 0 Å². The van der Waals surface area contributed by atoms with Gasteiger partial charge in [0.05, 0.1) is 0 Å². The highest BCUT2D eigenvalue weighted by Crippen LogP contribution is 2.31. The fourth-order valence-electron chi connectivity index (χ4n) is 5.57. The number of piperazine rings is 2. The highest BCUT2D eigenvalue weighted by molar-refractivity contribution is 5.96. The van der Waals surface area contributed by atoms with E-state index in [4.69, 9.17) is 4.74 Å². The maximum Gasteiger partial charge on any atom is 0.260 e. The molecule has 0 aliphatic carbocycles. The molecule has 0 radical (unpaired) electrons. The van der Waals surface area contributed by atoms with Crippen LogP contribution in [-0.2, 0) is 4.79 Å². The summed E-state index contributed by atoms with van der Waals surface area (Å²) in [6, 6.07) is 27.5. The molecule has 37 heavy (non-hydrogen) atoms. The van der Waals surface area contributed by atoms with Crippen LogP contribution in [0.1, 0.15) is 0 Å². The van der Waals surface area contributed by atoms with Gasteiger partial charge in [-0.3, -0.25) is 4.79 Å². The van der Waals surface area contributed by atoms with Crippen LogP contribution in [-0.4, -0.2) is 81.7 Å². The zero-order valence-corrected chi connectivity index (χ0v) is 21.5. The lowest BCUT2D eigenvalue weighted by atomic mass is 10.1. The number of carbonyl (C=O) groups is 1. The molecule has 6 rings (SSSR count). The van der Waals surface area contributed by atoms with Crippen molar-refractivity contribution >= 4 is 38.8 Å². The van der Waals surface area contributed by atoms with Crippen molar-refractivity contribution in [2.24, 2.45) is 0 Å². The predicted molar refractivity (Wildman–Crippen MR) is 152 cm³/mol. The summed E-state index contributed by atoms with van der Waals surface area (Å²) in [7, 11) is 2.17. The van der Waals surface area contributed by atoms with Gasteiger partial charge >= 0.3 is 0 Å². The SMILES string of the molecule is CN1CCN(c2cccc3ccc(OCC(=O)N4CCN(c5cccc6ccccc56)CC4)cc23)CC1. The van der Waals surface area contributed by atoms with Crippen molar-refractivity contribution in [2.75, 3.05) is 75.8 Å². The van der Waals surface area contributed by atoms with Gasteiger partial charge in [0.25, 0.3) is 5.91 Å². The summed E-state index contributed by atoms with van der Waals surface area (Å²) in [6.45, 7) is 7.29. The van der Waals surface area contributed by atoms with E-state index >= 15 is 0 Å². The van der Waals surface area contributed by atoms with Gasteiger partial charge in [-0.05, 0) is 42.1 Å². The lowest BCUT2D eigenvalue weighted by molar-refractivity contribution is -0.133. The number of carbonyl (C=O) groups excluding carboxylic acids is 1. The number of amides is 1. The minimum Gasteiger partial charge on any atom is -0.484 e. The van der Waals surface area contributed by atoms with E-state index in [1.54, 1.807) is 0 Å². The maximum absolute atomic E-state index is 13.0. The lowest BCUT2D eigenvalue weighted by Crippen LogP contribution is -2.50. The van der Waals surface area contributed by atoms with Gasteiger partial charge in [0.15, 0.2) is 6.61 Å². The average molecular weight is 495 g/mol. The number of ether oxygens (including phenoxy) is 1. The van der Waals surface area contributed by atoms with Crippen molar-refractivity contribution in [3.8, 4) is 5.75 Å². The minimum atomic E-state index is 0.0463. The number of hydrogen-bond acceptors (Lipinski definition) is 5. The molecule has 0 aromatic heterocycles. The average Bonchev–Trinajstić information content (AvgIpc) is 2.96. The summed E-state index contributed by atoms with van der Waals surface area (Å²) in [5.74, 6) is 0.793. The first-order chi connectivity index (χ1) is 18.2. The molecule has 0 bridgehead atoms. The molecular weight excluding hydrogens is 460 g/mol. The monoisotopic (exact) mass is 494 g/mol. The summed E-state index contributed by atoms with van der Waals surface area (Å²) >= 11 is 0. The first-order valence-corrected chi connectivity index (χ1v) is 13.3. The number of rotatable bonds is 5. The van der Waals surface area contributed by atoms with Crippen LogP contribution in [0.15, 0.2) is 78.9 Å². The highest BCUT2D eigenvalue weighted by atomic mass is 16.5. The Morgan fingerprint density at radius 1 is 0.676 bits per heavy atom. The maximum atomic E-state index is 13.0. The molecule has 1 amide bonds. The summed E-state index contributed by atoms with van der Waals surface area (Å²) in [6.07, 6.45) is 0. The van der Waals surface area contributed by atoms with Gasteiger partial charge in [0, 0.05) is 74.5 Å². The molecular formula is C31H34N4O2. The Hall–Kier alpha value is -3.77. The number of nitrogens with zero attached hydrogens (tertiary/aromatic N) is 4. The molecule has 2 aliphatic rings. The van der Waals surface area contributed by atoms with Crippen molar-refractivity contribution in [3.05, 3.63) is 78.9 Å². The van der Waals surface area contributed by atoms with Crippen LogP contribution in [0.4, 0.5) is 11.4 Å². The zero-order valence-electron chi connectivity index (χ0n) is 21.5. The molecule has 4 aromatic carbocycles. The van der Waals surface area contributed by atoms with Crippen LogP contribution in [0, 0.1) is 0 Å². The van der Waals surface area contributed by atoms with E-state index in [-0.39, 0.29) is 12.5 Å². The Labute approximate surface area is 218 Å². The Bertz CT molecular complexity index is 1400. The molecule has 2 fully saturated rings. The third kappa shape index (κ3) is 4.94. The number of benzene rings is 4. The quantitative estimate of drug-likeness (QED) is 0.409. The molecule has 6 nitrogen and oxygen atoms in total. The zero-order chi connectivity index (χ0) is 25.2. The number of likely N-dealkylation sites (N-methyl/N-ethyl adjacent to an activating group) is 1. The van der Waals surface area contributed by atoms with Gasteiger partial charge < -0.3 is 24.3 Å². The molecule has 190 valence electrons. The second-order valence-electron chi connectivity index (χ2n) is 10.1. The van der Waals surface area contributed by atoms with E-state index in [2.05, 4.69) is 94.5 Å². The van der Waals surface area contributed by atoms with E-state index in [1.807, 2.05) is 11.0 Å². The summed E-state index contributed by atoms with van der Waals surface area (Å²) < 4.78 is 6.03. The fraction of sp³-hybridized carbons (Fsp3) is 0.323.